The zero-order chi connectivity index (χ0) is 15.4. The molecule has 0 N–H and O–H groups in total. The van der Waals surface area contributed by atoms with Gasteiger partial charge in [0.15, 0.2) is 0 Å². The summed E-state index contributed by atoms with van der Waals surface area (Å²) >= 11 is 0. The second-order valence-corrected chi connectivity index (χ2v) is 6.68. The molecule has 0 bridgehead atoms. The summed E-state index contributed by atoms with van der Waals surface area (Å²) in [5.41, 5.74) is 5.88. The molecular formula is C23H18. The van der Waals surface area contributed by atoms with E-state index in [4.69, 9.17) is 0 Å². The molecule has 0 saturated heterocycles. The van der Waals surface area contributed by atoms with E-state index in [1.165, 1.54) is 43.8 Å². The molecule has 110 valence electrons. The first kappa shape index (κ1) is 12.9. The average Bonchev–Trinajstić information content (AvgIpc) is 2.61. The highest BCUT2D eigenvalue weighted by atomic mass is 14.3. The zero-order valence-electron chi connectivity index (χ0n) is 13.2. The summed E-state index contributed by atoms with van der Waals surface area (Å²) in [6.45, 7) is 2.35. The Balaban J connectivity index is 2.01. The molecule has 4 aromatic rings. The lowest BCUT2D eigenvalue weighted by molar-refractivity contribution is 0.752. The topological polar surface area (TPSA) is 0 Å². The molecule has 1 unspecified atom stereocenters. The molecule has 1 atom stereocenters. The number of hydrogen-bond acceptors (Lipinski definition) is 0. The maximum atomic E-state index is 2.35. The first-order valence-corrected chi connectivity index (χ1v) is 8.35. The second-order valence-electron chi connectivity index (χ2n) is 6.68. The van der Waals surface area contributed by atoms with Crippen molar-refractivity contribution in [3.63, 3.8) is 0 Å². The molecule has 0 nitrogen and oxygen atoms in total. The first-order chi connectivity index (χ1) is 11.3. The van der Waals surface area contributed by atoms with Gasteiger partial charge < -0.3 is 0 Å². The van der Waals surface area contributed by atoms with Crippen LogP contribution in [0.1, 0.15) is 24.0 Å². The van der Waals surface area contributed by atoms with E-state index < -0.39 is 0 Å². The Bertz CT molecular complexity index is 1060. The monoisotopic (exact) mass is 294 g/mol. The molecule has 1 aliphatic carbocycles. The Hall–Kier alpha value is -2.60. The van der Waals surface area contributed by atoms with Crippen molar-refractivity contribution in [2.75, 3.05) is 0 Å². The van der Waals surface area contributed by atoms with E-state index in [9.17, 15) is 0 Å². The number of benzene rings is 4. The molecule has 0 heteroatoms. The minimum absolute atomic E-state index is 0.572. The van der Waals surface area contributed by atoms with Crippen LogP contribution < -0.4 is 0 Å². The van der Waals surface area contributed by atoms with Gasteiger partial charge in [-0.3, -0.25) is 0 Å². The highest BCUT2D eigenvalue weighted by Crippen LogP contribution is 2.46. The third-order valence-corrected chi connectivity index (χ3v) is 5.28. The zero-order valence-corrected chi connectivity index (χ0v) is 13.2. The number of hydrogen-bond donors (Lipinski definition) is 0. The predicted octanol–water partition coefficient (Wildman–Crippen LogP) is 6.32. The van der Waals surface area contributed by atoms with Gasteiger partial charge in [-0.25, -0.2) is 0 Å². The van der Waals surface area contributed by atoms with Gasteiger partial charge in [0, 0.05) is 0 Å². The Labute approximate surface area is 136 Å². The second kappa shape index (κ2) is 4.70. The smallest absolute Gasteiger partial charge is 0.00615 e. The fourth-order valence-corrected chi connectivity index (χ4v) is 4.20. The van der Waals surface area contributed by atoms with E-state index in [1.807, 2.05) is 0 Å². The Morgan fingerprint density at radius 1 is 0.652 bits per heavy atom. The summed E-state index contributed by atoms with van der Waals surface area (Å²) in [5.74, 6) is 0.572. The lowest BCUT2D eigenvalue weighted by Gasteiger charge is -2.28. The van der Waals surface area contributed by atoms with Crippen LogP contribution in [0.25, 0.3) is 32.7 Å². The molecule has 4 aromatic carbocycles. The van der Waals surface area contributed by atoms with Crippen LogP contribution >= 0.6 is 0 Å². The molecule has 0 heterocycles. The molecule has 0 saturated carbocycles. The highest BCUT2D eigenvalue weighted by Gasteiger charge is 2.24. The summed E-state index contributed by atoms with van der Waals surface area (Å²) in [5, 5.41) is 5.43. The Kier molecular flexibility index (Phi) is 2.63. The van der Waals surface area contributed by atoms with E-state index in [-0.39, 0.29) is 0 Å². The maximum absolute atomic E-state index is 2.35. The van der Waals surface area contributed by atoms with Gasteiger partial charge in [0.2, 0.25) is 0 Å². The van der Waals surface area contributed by atoms with Crippen molar-refractivity contribution in [1.29, 1.82) is 0 Å². The fourth-order valence-electron chi connectivity index (χ4n) is 4.20. The SMILES string of the molecule is CC1Cc2ccc3ccccc3c2-c2c1ccc1ccccc21. The van der Waals surface area contributed by atoms with Gasteiger partial charge in [-0.15, -0.1) is 0 Å². The van der Waals surface area contributed by atoms with E-state index >= 15 is 0 Å². The van der Waals surface area contributed by atoms with Crippen LogP contribution in [0.2, 0.25) is 0 Å². The van der Waals surface area contributed by atoms with Crippen LogP contribution in [0, 0.1) is 0 Å². The molecule has 0 spiro atoms. The summed E-state index contributed by atoms with van der Waals surface area (Å²) in [4.78, 5) is 0. The van der Waals surface area contributed by atoms with Gasteiger partial charge in [-0.2, -0.15) is 0 Å². The van der Waals surface area contributed by atoms with Crippen molar-refractivity contribution >= 4 is 21.5 Å². The number of rotatable bonds is 0. The van der Waals surface area contributed by atoms with Crippen molar-refractivity contribution in [3.8, 4) is 11.1 Å². The van der Waals surface area contributed by atoms with Crippen LogP contribution in [0.4, 0.5) is 0 Å². The van der Waals surface area contributed by atoms with Gasteiger partial charge >= 0.3 is 0 Å². The van der Waals surface area contributed by atoms with Crippen molar-refractivity contribution < 1.29 is 0 Å². The highest BCUT2D eigenvalue weighted by molar-refractivity contribution is 6.08. The normalized spacial score (nSPS) is 16.3. The van der Waals surface area contributed by atoms with Crippen molar-refractivity contribution in [3.05, 3.63) is 83.9 Å². The first-order valence-electron chi connectivity index (χ1n) is 8.35. The molecule has 5 rings (SSSR count). The van der Waals surface area contributed by atoms with Crippen LogP contribution in [0.3, 0.4) is 0 Å². The van der Waals surface area contributed by atoms with E-state index in [1.54, 1.807) is 0 Å². The third-order valence-electron chi connectivity index (χ3n) is 5.28. The van der Waals surface area contributed by atoms with Gasteiger partial charge in [-0.1, -0.05) is 79.7 Å². The van der Waals surface area contributed by atoms with Crippen molar-refractivity contribution in [1.82, 2.24) is 0 Å². The Morgan fingerprint density at radius 3 is 2.00 bits per heavy atom. The molecule has 0 amide bonds. The molecule has 23 heavy (non-hydrogen) atoms. The summed E-state index contributed by atoms with van der Waals surface area (Å²) < 4.78 is 0. The van der Waals surface area contributed by atoms with Crippen molar-refractivity contribution in [2.45, 2.75) is 19.3 Å². The molecule has 0 aromatic heterocycles. The van der Waals surface area contributed by atoms with Crippen LogP contribution in [0.5, 0.6) is 0 Å². The van der Waals surface area contributed by atoms with Crippen LogP contribution in [0.15, 0.2) is 72.8 Å². The molecular weight excluding hydrogens is 276 g/mol. The summed E-state index contributed by atoms with van der Waals surface area (Å²) in [6.07, 6.45) is 1.13. The van der Waals surface area contributed by atoms with E-state index in [2.05, 4.69) is 79.7 Å². The van der Waals surface area contributed by atoms with Gasteiger partial charge in [0.05, 0.1) is 0 Å². The maximum Gasteiger partial charge on any atom is -0.00615 e. The minimum Gasteiger partial charge on any atom is -0.0616 e. The lowest BCUT2D eigenvalue weighted by atomic mass is 9.76. The fraction of sp³-hybridized carbons (Fsp3) is 0.130. The average molecular weight is 294 g/mol. The number of fused-ring (bicyclic) bond motifs is 7. The van der Waals surface area contributed by atoms with Crippen molar-refractivity contribution in [2.24, 2.45) is 0 Å². The lowest BCUT2D eigenvalue weighted by Crippen LogP contribution is -2.09. The quantitative estimate of drug-likeness (QED) is 0.356. The van der Waals surface area contributed by atoms with Crippen LogP contribution in [-0.2, 0) is 6.42 Å². The molecule has 0 aliphatic heterocycles. The summed E-state index contributed by atoms with van der Waals surface area (Å²) in [6, 6.07) is 26.8. The largest absolute Gasteiger partial charge is 0.0616 e. The minimum atomic E-state index is 0.572. The summed E-state index contributed by atoms with van der Waals surface area (Å²) in [7, 11) is 0. The Morgan fingerprint density at radius 2 is 1.26 bits per heavy atom. The molecule has 0 radical (unpaired) electrons. The third kappa shape index (κ3) is 1.78. The predicted molar refractivity (Wildman–Crippen MR) is 99.0 cm³/mol. The van der Waals surface area contributed by atoms with Crippen LogP contribution in [-0.4, -0.2) is 0 Å². The molecule has 0 fully saturated rings. The van der Waals surface area contributed by atoms with Gasteiger partial charge in [0.25, 0.3) is 0 Å². The standard InChI is InChI=1S/C23H18/c1-15-14-18-11-10-16-6-2-4-8-20(16)22(18)23-19(15)13-12-17-7-3-5-9-21(17)23/h2-13,15H,14H2,1H3. The van der Waals surface area contributed by atoms with E-state index in [0.29, 0.717) is 5.92 Å². The van der Waals surface area contributed by atoms with Gasteiger partial charge in [-0.05, 0) is 56.1 Å². The van der Waals surface area contributed by atoms with E-state index in [0.717, 1.165) is 6.42 Å². The molecule has 1 aliphatic rings. The van der Waals surface area contributed by atoms with Gasteiger partial charge in [0.1, 0.15) is 0 Å².